The van der Waals surface area contributed by atoms with E-state index in [4.69, 9.17) is 14.2 Å². The summed E-state index contributed by atoms with van der Waals surface area (Å²) in [6.45, 7) is 8.07. The lowest BCUT2D eigenvalue weighted by Crippen LogP contribution is -2.06. The first-order chi connectivity index (χ1) is 14.2. The lowest BCUT2D eigenvalue weighted by atomic mass is 10.0. The fourth-order valence-electron chi connectivity index (χ4n) is 2.82. The quantitative estimate of drug-likeness (QED) is 0.204. The molecule has 0 aromatic heterocycles. The van der Waals surface area contributed by atoms with Crippen molar-refractivity contribution in [2.45, 2.75) is 57.8 Å². The number of esters is 2. The molecule has 0 aliphatic carbocycles. The molecule has 5 nitrogen and oxygen atoms in total. The lowest BCUT2D eigenvalue weighted by Gasteiger charge is -2.08. The molecule has 160 valence electrons. The highest BCUT2D eigenvalue weighted by Crippen LogP contribution is 2.16. The molecule has 5 heteroatoms. The molecule has 0 aliphatic rings. The van der Waals surface area contributed by atoms with E-state index < -0.39 is 5.97 Å². The van der Waals surface area contributed by atoms with Crippen molar-refractivity contribution in [1.29, 1.82) is 0 Å². The number of hydrogen-bond acceptors (Lipinski definition) is 5. The first-order valence-electron chi connectivity index (χ1n) is 10.5. The van der Waals surface area contributed by atoms with Crippen molar-refractivity contribution in [3.63, 3.8) is 0 Å². The summed E-state index contributed by atoms with van der Waals surface area (Å²) in [5.74, 6) is 0.115. The number of hydrogen-bond donors (Lipinski definition) is 0. The fraction of sp³-hybridized carbons (Fsp3) is 0.500. The minimum atomic E-state index is -0.402. The van der Waals surface area contributed by atoms with Crippen LogP contribution in [-0.2, 0) is 25.5 Å². The van der Waals surface area contributed by atoms with Gasteiger partial charge in [0.25, 0.3) is 0 Å². The number of unbranched alkanes of at least 4 members (excludes halogenated alkanes) is 6. The molecule has 1 aromatic carbocycles. The highest BCUT2D eigenvalue weighted by Gasteiger charge is 2.00. The molecule has 0 aliphatic heterocycles. The molecular weight excluding hydrogens is 368 g/mol. The molecule has 0 fully saturated rings. The topological polar surface area (TPSA) is 61.8 Å². The molecule has 29 heavy (non-hydrogen) atoms. The number of ether oxygens (including phenoxy) is 3. The molecule has 0 N–H and O–H groups in total. The third kappa shape index (κ3) is 13.3. The van der Waals surface area contributed by atoms with Crippen molar-refractivity contribution in [3.05, 3.63) is 55.1 Å². The predicted molar refractivity (Wildman–Crippen MR) is 115 cm³/mol. The number of carbonyl (C=O) groups is 2. The van der Waals surface area contributed by atoms with Crippen LogP contribution >= 0.6 is 0 Å². The van der Waals surface area contributed by atoms with Crippen LogP contribution in [0.3, 0.4) is 0 Å². The summed E-state index contributed by atoms with van der Waals surface area (Å²) in [5, 5.41) is 0. The summed E-state index contributed by atoms with van der Waals surface area (Å²) in [6.07, 6.45) is 12.1. The maximum atomic E-state index is 10.9. The minimum Gasteiger partial charge on any atom is -0.493 e. The molecule has 0 atom stereocenters. The molecule has 0 spiro atoms. The van der Waals surface area contributed by atoms with Gasteiger partial charge in [0.2, 0.25) is 0 Å². The van der Waals surface area contributed by atoms with Crippen LogP contribution in [0.2, 0.25) is 0 Å². The Morgan fingerprint density at radius 3 is 2.00 bits per heavy atom. The lowest BCUT2D eigenvalue weighted by molar-refractivity contribution is -0.138. The van der Waals surface area contributed by atoms with E-state index in [1.807, 2.05) is 12.1 Å². The van der Waals surface area contributed by atoms with E-state index in [0.29, 0.717) is 26.2 Å². The van der Waals surface area contributed by atoms with E-state index in [-0.39, 0.29) is 5.97 Å². The zero-order chi connectivity index (χ0) is 21.2. The maximum absolute atomic E-state index is 10.9. The van der Waals surface area contributed by atoms with Gasteiger partial charge in [-0.15, -0.1) is 0 Å². The zero-order valence-electron chi connectivity index (χ0n) is 17.4. The molecule has 0 saturated carbocycles. The molecule has 0 bridgehead atoms. The van der Waals surface area contributed by atoms with Crippen LogP contribution in [0, 0.1) is 0 Å². The van der Waals surface area contributed by atoms with Gasteiger partial charge in [-0.2, -0.15) is 0 Å². The molecule has 0 unspecified atom stereocenters. The summed E-state index contributed by atoms with van der Waals surface area (Å²) < 4.78 is 15.6. The van der Waals surface area contributed by atoms with Crippen LogP contribution in [0.1, 0.15) is 56.9 Å². The molecular formula is C24H34O5. The van der Waals surface area contributed by atoms with Crippen LogP contribution in [0.15, 0.2) is 49.6 Å². The number of rotatable bonds is 17. The SMILES string of the molecule is C=CC(=O)OCCCCCCCCCc1cccc(OCCCOC(=O)C=C)c1. The molecule has 1 aromatic rings. The van der Waals surface area contributed by atoms with E-state index >= 15 is 0 Å². The maximum Gasteiger partial charge on any atom is 0.330 e. The van der Waals surface area contributed by atoms with Crippen molar-refractivity contribution >= 4 is 11.9 Å². The predicted octanol–water partition coefficient (Wildman–Crippen LogP) is 5.19. The van der Waals surface area contributed by atoms with Gasteiger partial charge >= 0.3 is 11.9 Å². The van der Waals surface area contributed by atoms with E-state index in [1.54, 1.807) is 0 Å². The Balaban J connectivity index is 2.04. The van der Waals surface area contributed by atoms with Crippen LogP contribution in [-0.4, -0.2) is 31.8 Å². The average molecular weight is 403 g/mol. The van der Waals surface area contributed by atoms with Crippen LogP contribution in [0.5, 0.6) is 5.75 Å². The largest absolute Gasteiger partial charge is 0.493 e. The van der Waals surface area contributed by atoms with Crippen molar-refractivity contribution in [3.8, 4) is 5.75 Å². The zero-order valence-corrected chi connectivity index (χ0v) is 17.4. The third-order valence-electron chi connectivity index (χ3n) is 4.39. The Bertz CT molecular complexity index is 623. The number of carbonyl (C=O) groups excluding carboxylic acids is 2. The number of aryl methyl sites for hydroxylation is 1. The summed E-state index contributed by atoms with van der Waals surface area (Å²) in [6, 6.07) is 8.18. The normalized spacial score (nSPS) is 10.2. The Morgan fingerprint density at radius 2 is 1.34 bits per heavy atom. The molecule has 0 amide bonds. The monoisotopic (exact) mass is 402 g/mol. The fourth-order valence-corrected chi connectivity index (χ4v) is 2.82. The van der Waals surface area contributed by atoms with Gasteiger partial charge in [-0.3, -0.25) is 0 Å². The Morgan fingerprint density at radius 1 is 0.759 bits per heavy atom. The van der Waals surface area contributed by atoms with Gasteiger partial charge in [-0.05, 0) is 37.0 Å². The van der Waals surface area contributed by atoms with Gasteiger partial charge in [-0.25, -0.2) is 9.59 Å². The first-order valence-corrected chi connectivity index (χ1v) is 10.5. The highest BCUT2D eigenvalue weighted by atomic mass is 16.5. The van der Waals surface area contributed by atoms with Gasteiger partial charge in [0.15, 0.2) is 0 Å². The van der Waals surface area contributed by atoms with Crippen LogP contribution in [0.25, 0.3) is 0 Å². The molecule has 0 saturated heterocycles. The smallest absolute Gasteiger partial charge is 0.330 e. The van der Waals surface area contributed by atoms with Gasteiger partial charge in [0.05, 0.1) is 19.8 Å². The summed E-state index contributed by atoms with van der Waals surface area (Å²) in [4.78, 5) is 21.8. The number of benzene rings is 1. The van der Waals surface area contributed by atoms with E-state index in [1.165, 1.54) is 37.3 Å². The van der Waals surface area contributed by atoms with Gasteiger partial charge in [0.1, 0.15) is 5.75 Å². The summed E-state index contributed by atoms with van der Waals surface area (Å²) >= 11 is 0. The van der Waals surface area contributed by atoms with Crippen molar-refractivity contribution in [2.24, 2.45) is 0 Å². The second kappa shape index (κ2) is 16.4. The van der Waals surface area contributed by atoms with Crippen LogP contribution < -0.4 is 4.74 Å². The minimum absolute atomic E-state index is 0.338. The average Bonchev–Trinajstić information content (AvgIpc) is 2.74. The Hall–Kier alpha value is -2.56. The third-order valence-corrected chi connectivity index (χ3v) is 4.39. The van der Waals surface area contributed by atoms with Crippen molar-refractivity contribution < 1.29 is 23.8 Å². The standard InChI is InChI=1S/C24H34O5/c1-3-23(25)28-17-11-9-7-5-6-8-10-14-21-15-12-16-22(20-21)27-18-13-19-29-24(26)4-2/h3-4,12,15-16,20H,1-2,5-11,13-14,17-19H2. The molecule has 0 radical (unpaired) electrons. The highest BCUT2D eigenvalue weighted by molar-refractivity contribution is 5.81. The van der Waals surface area contributed by atoms with Crippen molar-refractivity contribution in [1.82, 2.24) is 0 Å². The first kappa shape index (κ1) is 24.5. The molecule has 0 heterocycles. The second-order valence-electron chi connectivity index (χ2n) is 6.82. The van der Waals surface area contributed by atoms with Gasteiger partial charge in [-0.1, -0.05) is 57.4 Å². The Labute approximate surface area is 174 Å². The Kier molecular flexibility index (Phi) is 13.8. The van der Waals surface area contributed by atoms with Crippen molar-refractivity contribution in [2.75, 3.05) is 19.8 Å². The van der Waals surface area contributed by atoms with Gasteiger partial charge < -0.3 is 14.2 Å². The van der Waals surface area contributed by atoms with Crippen LogP contribution in [0.4, 0.5) is 0 Å². The summed E-state index contributed by atoms with van der Waals surface area (Å²) in [5.41, 5.74) is 1.28. The summed E-state index contributed by atoms with van der Waals surface area (Å²) in [7, 11) is 0. The van der Waals surface area contributed by atoms with Gasteiger partial charge in [0, 0.05) is 18.6 Å². The van der Waals surface area contributed by atoms with E-state index in [0.717, 1.165) is 37.5 Å². The van der Waals surface area contributed by atoms with E-state index in [9.17, 15) is 9.59 Å². The molecule has 1 rings (SSSR count). The van der Waals surface area contributed by atoms with E-state index in [2.05, 4.69) is 25.3 Å². The second-order valence-corrected chi connectivity index (χ2v) is 6.82.